The second-order valence-electron chi connectivity index (χ2n) is 2.88. The third-order valence-electron chi connectivity index (χ3n) is 1.42. The van der Waals surface area contributed by atoms with Crippen molar-refractivity contribution in [3.8, 4) is 0 Å². The van der Waals surface area contributed by atoms with Crippen molar-refractivity contribution < 1.29 is 9.53 Å². The van der Waals surface area contributed by atoms with E-state index in [-0.39, 0.29) is 12.4 Å². The van der Waals surface area contributed by atoms with E-state index in [1.165, 1.54) is 6.92 Å². The number of hydrogen-bond donors (Lipinski definition) is 0. The number of aryl methyl sites for hydroxylation is 1. The first-order chi connectivity index (χ1) is 6.18. The molecule has 0 saturated carbocycles. The maximum atomic E-state index is 10.5. The summed E-state index contributed by atoms with van der Waals surface area (Å²) in [5.41, 5.74) is 0.881. The van der Waals surface area contributed by atoms with Crippen LogP contribution in [0.25, 0.3) is 0 Å². The number of ether oxygens (including phenoxy) is 1. The van der Waals surface area contributed by atoms with E-state index in [0.717, 1.165) is 5.69 Å². The van der Waals surface area contributed by atoms with Gasteiger partial charge in [-0.25, -0.2) is 4.68 Å². The molecule has 5 heteroatoms. The Morgan fingerprint density at radius 3 is 3.00 bits per heavy atom. The molecule has 13 heavy (non-hydrogen) atoms. The van der Waals surface area contributed by atoms with E-state index in [1.54, 1.807) is 4.68 Å². The summed E-state index contributed by atoms with van der Waals surface area (Å²) >= 11 is 0. The molecular formula is C8H13N3O2. The number of nitrogens with zero attached hydrogens (tertiary/aromatic N) is 3. The lowest BCUT2D eigenvalue weighted by molar-refractivity contribution is -0.121. The summed E-state index contributed by atoms with van der Waals surface area (Å²) in [6.45, 7) is 4.67. The van der Waals surface area contributed by atoms with E-state index in [0.29, 0.717) is 13.2 Å². The fourth-order valence-corrected chi connectivity index (χ4v) is 0.879. The summed E-state index contributed by atoms with van der Waals surface area (Å²) in [5.74, 6) is 0.0368. The minimum Gasteiger partial charge on any atom is -0.372 e. The molecule has 5 nitrogen and oxygen atoms in total. The Hall–Kier alpha value is -1.23. The molecule has 0 aliphatic rings. The molecule has 0 amide bonds. The smallest absolute Gasteiger partial charge is 0.155 e. The second-order valence-corrected chi connectivity index (χ2v) is 2.88. The van der Waals surface area contributed by atoms with Gasteiger partial charge in [-0.3, -0.25) is 4.79 Å². The van der Waals surface area contributed by atoms with E-state index in [9.17, 15) is 4.79 Å². The first-order valence-corrected chi connectivity index (χ1v) is 4.12. The van der Waals surface area contributed by atoms with Gasteiger partial charge < -0.3 is 4.74 Å². The van der Waals surface area contributed by atoms with E-state index in [4.69, 9.17) is 4.74 Å². The van der Waals surface area contributed by atoms with Crippen LogP contribution in [-0.2, 0) is 16.1 Å². The zero-order valence-electron chi connectivity index (χ0n) is 7.86. The zero-order valence-corrected chi connectivity index (χ0v) is 7.86. The predicted molar refractivity (Wildman–Crippen MR) is 46.3 cm³/mol. The lowest BCUT2D eigenvalue weighted by Gasteiger charge is -2.00. The molecular weight excluding hydrogens is 170 g/mol. The van der Waals surface area contributed by atoms with Crippen molar-refractivity contribution in [1.82, 2.24) is 15.0 Å². The lowest BCUT2D eigenvalue weighted by Crippen LogP contribution is -2.10. The highest BCUT2D eigenvalue weighted by atomic mass is 16.5. The molecule has 1 aromatic heterocycles. The summed E-state index contributed by atoms with van der Waals surface area (Å²) in [4.78, 5) is 10.5. The lowest BCUT2D eigenvalue weighted by atomic mass is 10.5. The Balaban J connectivity index is 2.16. The SMILES string of the molecule is CC(=O)COCCn1cc(C)nn1. The number of ketones is 1. The first kappa shape index (κ1) is 9.85. The van der Waals surface area contributed by atoms with Gasteiger partial charge in [0.15, 0.2) is 5.78 Å². The summed E-state index contributed by atoms with van der Waals surface area (Å²) in [6, 6.07) is 0. The Kier molecular flexibility index (Phi) is 3.57. The van der Waals surface area contributed by atoms with Crippen molar-refractivity contribution in [2.24, 2.45) is 0 Å². The molecule has 0 radical (unpaired) electrons. The van der Waals surface area contributed by atoms with Crippen molar-refractivity contribution in [2.45, 2.75) is 20.4 Å². The number of carbonyl (C=O) groups excluding carboxylic acids is 1. The van der Waals surface area contributed by atoms with Gasteiger partial charge in [-0.1, -0.05) is 5.21 Å². The highest BCUT2D eigenvalue weighted by Gasteiger charge is 1.96. The van der Waals surface area contributed by atoms with Gasteiger partial charge in [0.1, 0.15) is 6.61 Å². The van der Waals surface area contributed by atoms with Crippen molar-refractivity contribution in [1.29, 1.82) is 0 Å². The van der Waals surface area contributed by atoms with E-state index in [1.807, 2.05) is 13.1 Å². The van der Waals surface area contributed by atoms with Gasteiger partial charge >= 0.3 is 0 Å². The Morgan fingerprint density at radius 1 is 1.69 bits per heavy atom. The minimum absolute atomic E-state index is 0.0368. The van der Waals surface area contributed by atoms with Gasteiger partial charge in [0.2, 0.25) is 0 Å². The molecule has 0 unspecified atom stereocenters. The number of hydrogen-bond acceptors (Lipinski definition) is 4. The average Bonchev–Trinajstić information content (AvgIpc) is 2.45. The zero-order chi connectivity index (χ0) is 9.68. The second kappa shape index (κ2) is 4.71. The first-order valence-electron chi connectivity index (χ1n) is 4.12. The average molecular weight is 183 g/mol. The highest BCUT2D eigenvalue weighted by molar-refractivity contribution is 5.76. The molecule has 1 heterocycles. The fraction of sp³-hybridized carbons (Fsp3) is 0.625. The molecule has 0 spiro atoms. The Labute approximate surface area is 76.7 Å². The number of aromatic nitrogens is 3. The topological polar surface area (TPSA) is 57.0 Å². The molecule has 0 aromatic carbocycles. The van der Waals surface area contributed by atoms with Crippen LogP contribution in [0.4, 0.5) is 0 Å². The van der Waals surface area contributed by atoms with Crippen LogP contribution < -0.4 is 0 Å². The summed E-state index contributed by atoms with van der Waals surface area (Å²) in [6.07, 6.45) is 1.83. The molecule has 0 bridgehead atoms. The van der Waals surface area contributed by atoms with Crippen LogP contribution in [-0.4, -0.2) is 34.0 Å². The predicted octanol–water partition coefficient (Wildman–Crippen LogP) is 0.192. The molecule has 72 valence electrons. The van der Waals surface area contributed by atoms with E-state index >= 15 is 0 Å². The maximum absolute atomic E-state index is 10.5. The van der Waals surface area contributed by atoms with Crippen LogP contribution in [0.3, 0.4) is 0 Å². The van der Waals surface area contributed by atoms with Crippen LogP contribution in [0.2, 0.25) is 0 Å². The van der Waals surface area contributed by atoms with Crippen LogP contribution >= 0.6 is 0 Å². The molecule has 0 N–H and O–H groups in total. The largest absolute Gasteiger partial charge is 0.372 e. The van der Waals surface area contributed by atoms with Gasteiger partial charge in [-0.15, -0.1) is 5.10 Å². The molecule has 0 aliphatic heterocycles. The van der Waals surface area contributed by atoms with Crippen LogP contribution in [0.1, 0.15) is 12.6 Å². The summed E-state index contributed by atoms with van der Waals surface area (Å²) in [5, 5.41) is 7.66. The Morgan fingerprint density at radius 2 is 2.46 bits per heavy atom. The number of rotatable bonds is 5. The van der Waals surface area contributed by atoms with Crippen LogP contribution in [0.5, 0.6) is 0 Å². The maximum Gasteiger partial charge on any atom is 0.155 e. The van der Waals surface area contributed by atoms with E-state index < -0.39 is 0 Å². The molecule has 1 aromatic rings. The summed E-state index contributed by atoms with van der Waals surface area (Å²) in [7, 11) is 0. The monoisotopic (exact) mass is 183 g/mol. The molecule has 1 rings (SSSR count). The normalized spacial score (nSPS) is 10.3. The van der Waals surface area contributed by atoms with Gasteiger partial charge in [0, 0.05) is 6.20 Å². The van der Waals surface area contributed by atoms with Gasteiger partial charge in [-0.05, 0) is 13.8 Å². The molecule has 0 aliphatic carbocycles. The third-order valence-corrected chi connectivity index (χ3v) is 1.42. The van der Waals surface area contributed by atoms with Crippen molar-refractivity contribution >= 4 is 5.78 Å². The van der Waals surface area contributed by atoms with E-state index in [2.05, 4.69) is 10.3 Å². The fourth-order valence-electron chi connectivity index (χ4n) is 0.879. The van der Waals surface area contributed by atoms with Crippen LogP contribution in [0.15, 0.2) is 6.20 Å². The summed E-state index contributed by atoms with van der Waals surface area (Å²) < 4.78 is 6.76. The van der Waals surface area contributed by atoms with Crippen molar-refractivity contribution in [2.75, 3.05) is 13.2 Å². The van der Waals surface area contributed by atoms with Gasteiger partial charge in [0.05, 0.1) is 18.8 Å². The third kappa shape index (κ3) is 3.80. The van der Waals surface area contributed by atoms with Gasteiger partial charge in [0.25, 0.3) is 0 Å². The molecule has 0 fully saturated rings. The number of Topliss-reactive ketones (excluding diaryl/α,β-unsaturated/α-hetero) is 1. The van der Waals surface area contributed by atoms with Gasteiger partial charge in [-0.2, -0.15) is 0 Å². The molecule has 0 atom stereocenters. The molecule has 0 saturated heterocycles. The minimum atomic E-state index is 0.0368. The number of carbonyl (C=O) groups is 1. The highest BCUT2D eigenvalue weighted by Crippen LogP contribution is 1.89. The van der Waals surface area contributed by atoms with Crippen molar-refractivity contribution in [3.63, 3.8) is 0 Å². The van der Waals surface area contributed by atoms with Crippen molar-refractivity contribution in [3.05, 3.63) is 11.9 Å². The van der Waals surface area contributed by atoms with Crippen LogP contribution in [0, 0.1) is 6.92 Å². The standard InChI is InChI=1S/C8H13N3O2/c1-7-5-11(10-9-7)3-4-13-6-8(2)12/h5H,3-4,6H2,1-2H3. The quantitative estimate of drug-likeness (QED) is 0.611. The Bertz CT molecular complexity index is 283.